The van der Waals surface area contributed by atoms with Gasteiger partial charge in [0.05, 0.1) is 12.2 Å². The smallest absolute Gasteiger partial charge is 0.366 e. The highest BCUT2D eigenvalue weighted by Gasteiger charge is 2.40. The third kappa shape index (κ3) is 5.55. The molecule has 0 heterocycles. The Kier molecular flexibility index (Phi) is 6.10. The number of hydrogen-bond donors (Lipinski definition) is 1. The Hall–Kier alpha value is -0.490. The molecule has 1 atom stereocenters. The summed E-state index contributed by atoms with van der Waals surface area (Å²) >= 11 is 0. The number of nitrogens with zero attached hydrogens (tertiary/aromatic N) is 1. The van der Waals surface area contributed by atoms with Crippen molar-refractivity contribution in [1.82, 2.24) is 0 Å². The first-order valence-corrected chi connectivity index (χ1v) is 6.55. The Labute approximate surface area is 94.4 Å². The molecule has 0 fully saturated rings. The van der Waals surface area contributed by atoms with Gasteiger partial charge in [0.2, 0.25) is 12.4 Å². The SMILES string of the molecule is CC(C)OP(=O)(OC(C)C)[C@@H](O)C[N+](=O)[O-]. The molecule has 0 unspecified atom stereocenters. The Balaban J connectivity index is 4.76. The first-order valence-electron chi connectivity index (χ1n) is 4.93. The Morgan fingerprint density at radius 1 is 1.25 bits per heavy atom. The number of hydrogen-bond acceptors (Lipinski definition) is 6. The molecular formula is C8H18NO6P. The number of rotatable bonds is 7. The van der Waals surface area contributed by atoms with Crippen LogP contribution < -0.4 is 0 Å². The lowest BCUT2D eigenvalue weighted by molar-refractivity contribution is -0.486. The summed E-state index contributed by atoms with van der Waals surface area (Å²) in [6.07, 6.45) is -0.906. The van der Waals surface area contributed by atoms with Gasteiger partial charge in [-0.1, -0.05) is 0 Å². The minimum absolute atomic E-state index is 0.453. The topological polar surface area (TPSA) is 98.9 Å². The van der Waals surface area contributed by atoms with E-state index in [1.54, 1.807) is 27.7 Å². The van der Waals surface area contributed by atoms with E-state index < -0.39 is 37.1 Å². The molecule has 0 saturated heterocycles. The highest BCUT2D eigenvalue weighted by molar-refractivity contribution is 7.54. The van der Waals surface area contributed by atoms with E-state index in [4.69, 9.17) is 9.05 Å². The van der Waals surface area contributed by atoms with Crippen LogP contribution in [0, 0.1) is 10.1 Å². The van der Waals surface area contributed by atoms with Gasteiger partial charge in [-0.2, -0.15) is 0 Å². The third-order valence-corrected chi connectivity index (χ3v) is 3.72. The molecule has 0 radical (unpaired) electrons. The first kappa shape index (κ1) is 15.5. The molecule has 0 aromatic heterocycles. The van der Waals surface area contributed by atoms with Gasteiger partial charge in [-0.15, -0.1) is 0 Å². The van der Waals surface area contributed by atoms with Crippen LogP contribution >= 0.6 is 7.60 Å². The molecule has 0 aromatic rings. The molecule has 0 aromatic carbocycles. The molecule has 1 N–H and O–H groups in total. The van der Waals surface area contributed by atoms with Crippen molar-refractivity contribution in [2.45, 2.75) is 45.7 Å². The van der Waals surface area contributed by atoms with Crippen molar-refractivity contribution in [1.29, 1.82) is 0 Å². The molecule has 7 nitrogen and oxygen atoms in total. The molecule has 0 aliphatic carbocycles. The van der Waals surface area contributed by atoms with E-state index in [1.807, 2.05) is 0 Å². The van der Waals surface area contributed by atoms with Crippen LogP contribution in [0.5, 0.6) is 0 Å². The monoisotopic (exact) mass is 255 g/mol. The van der Waals surface area contributed by atoms with Crippen molar-refractivity contribution in [3.05, 3.63) is 10.1 Å². The second-order valence-electron chi connectivity index (χ2n) is 3.84. The average molecular weight is 255 g/mol. The van der Waals surface area contributed by atoms with E-state index in [2.05, 4.69) is 0 Å². The molecule has 0 spiro atoms. The minimum Gasteiger partial charge on any atom is -0.375 e. The molecule has 0 aliphatic rings. The van der Waals surface area contributed by atoms with Gasteiger partial charge < -0.3 is 14.2 Å². The standard InChI is InChI=1S/C8H18NO6P/c1-6(2)14-16(13,15-7(3)4)8(10)5-9(11)12/h6-8,10H,5H2,1-4H3/t8-/m1/s1. The molecule has 16 heavy (non-hydrogen) atoms. The van der Waals surface area contributed by atoms with Gasteiger partial charge >= 0.3 is 7.60 Å². The molecule has 96 valence electrons. The van der Waals surface area contributed by atoms with E-state index in [9.17, 15) is 19.8 Å². The zero-order valence-corrected chi connectivity index (χ0v) is 10.7. The fourth-order valence-electron chi connectivity index (χ4n) is 0.986. The van der Waals surface area contributed by atoms with Crippen LogP contribution in [0.3, 0.4) is 0 Å². The summed E-state index contributed by atoms with van der Waals surface area (Å²) in [7, 11) is -3.86. The first-order chi connectivity index (χ1) is 7.17. The van der Waals surface area contributed by atoms with Crippen molar-refractivity contribution in [2.24, 2.45) is 0 Å². The molecule has 8 heteroatoms. The lowest BCUT2D eigenvalue weighted by atomic mass is 10.5. The predicted octanol–water partition coefficient (Wildman–Crippen LogP) is 1.62. The van der Waals surface area contributed by atoms with Crippen LogP contribution in [-0.4, -0.2) is 34.6 Å². The lowest BCUT2D eigenvalue weighted by Gasteiger charge is -2.24. The van der Waals surface area contributed by atoms with Crippen molar-refractivity contribution in [3.8, 4) is 0 Å². The molecule has 0 aliphatic heterocycles. The largest absolute Gasteiger partial charge is 0.375 e. The molecule has 0 rings (SSSR count). The van der Waals surface area contributed by atoms with Gasteiger partial charge in [0.1, 0.15) is 0 Å². The highest BCUT2D eigenvalue weighted by Crippen LogP contribution is 2.54. The maximum absolute atomic E-state index is 12.1. The second kappa shape index (κ2) is 6.30. The van der Waals surface area contributed by atoms with Gasteiger partial charge in [0.25, 0.3) is 0 Å². The molecular weight excluding hydrogens is 237 g/mol. The zero-order valence-electron chi connectivity index (χ0n) is 9.82. The van der Waals surface area contributed by atoms with Gasteiger partial charge in [-0.3, -0.25) is 14.7 Å². The van der Waals surface area contributed by atoms with Crippen LogP contribution in [0.4, 0.5) is 0 Å². The fourth-order valence-corrected chi connectivity index (χ4v) is 2.83. The quantitative estimate of drug-likeness (QED) is 0.421. The van der Waals surface area contributed by atoms with Gasteiger partial charge in [0, 0.05) is 4.92 Å². The van der Waals surface area contributed by atoms with E-state index in [0.29, 0.717) is 0 Å². The highest BCUT2D eigenvalue weighted by atomic mass is 31.2. The number of aliphatic hydroxyl groups excluding tert-OH is 1. The molecule has 0 saturated carbocycles. The van der Waals surface area contributed by atoms with Crippen LogP contribution in [0.15, 0.2) is 0 Å². The maximum Gasteiger partial charge on any atom is 0.366 e. The van der Waals surface area contributed by atoms with Crippen molar-refractivity contribution in [2.75, 3.05) is 6.54 Å². The number of nitro groups is 1. The summed E-state index contributed by atoms with van der Waals surface area (Å²) in [6, 6.07) is 0. The van der Waals surface area contributed by atoms with E-state index in [1.165, 1.54) is 0 Å². The Morgan fingerprint density at radius 3 is 1.88 bits per heavy atom. The molecule has 0 bridgehead atoms. The van der Waals surface area contributed by atoms with Crippen LogP contribution in [0.2, 0.25) is 0 Å². The third-order valence-electron chi connectivity index (χ3n) is 1.39. The summed E-state index contributed by atoms with van der Waals surface area (Å²) in [4.78, 5) is 9.48. The summed E-state index contributed by atoms with van der Waals surface area (Å²) in [5.74, 6) is -1.74. The van der Waals surface area contributed by atoms with Gasteiger partial charge in [-0.05, 0) is 27.7 Å². The van der Waals surface area contributed by atoms with E-state index in [0.717, 1.165) is 0 Å². The van der Waals surface area contributed by atoms with Gasteiger partial charge in [-0.25, -0.2) is 0 Å². The summed E-state index contributed by atoms with van der Waals surface area (Å²) in [5.41, 5.74) is 0. The second-order valence-corrected chi connectivity index (χ2v) is 5.94. The van der Waals surface area contributed by atoms with E-state index in [-0.39, 0.29) is 0 Å². The zero-order chi connectivity index (χ0) is 12.9. The van der Waals surface area contributed by atoms with Crippen molar-refractivity contribution >= 4 is 7.60 Å². The normalized spacial score (nSPS) is 14.4. The van der Waals surface area contributed by atoms with Crippen molar-refractivity contribution in [3.63, 3.8) is 0 Å². The summed E-state index contributed by atoms with van der Waals surface area (Å²) in [5, 5.41) is 19.7. The predicted molar refractivity (Wildman–Crippen MR) is 57.9 cm³/mol. The van der Waals surface area contributed by atoms with Crippen LogP contribution in [-0.2, 0) is 13.6 Å². The van der Waals surface area contributed by atoms with Crippen LogP contribution in [0.1, 0.15) is 27.7 Å². The van der Waals surface area contributed by atoms with Gasteiger partial charge in [0.15, 0.2) is 0 Å². The maximum atomic E-state index is 12.1. The van der Waals surface area contributed by atoms with Crippen molar-refractivity contribution < 1.29 is 23.6 Å². The van der Waals surface area contributed by atoms with E-state index >= 15 is 0 Å². The van der Waals surface area contributed by atoms with Crippen LogP contribution in [0.25, 0.3) is 0 Å². The summed E-state index contributed by atoms with van der Waals surface area (Å²) < 4.78 is 22.1. The Bertz CT molecular complexity index is 266. The Morgan fingerprint density at radius 2 is 1.62 bits per heavy atom. The number of aliphatic hydroxyl groups is 1. The lowest BCUT2D eigenvalue weighted by Crippen LogP contribution is -2.24. The average Bonchev–Trinajstić information content (AvgIpc) is 1.98. The summed E-state index contributed by atoms with van der Waals surface area (Å²) in [6.45, 7) is 5.56. The molecule has 0 amide bonds. The fraction of sp³-hybridized carbons (Fsp3) is 1.00. The minimum atomic E-state index is -3.86.